The maximum Gasteiger partial charge on any atom is 0.338 e. The van der Waals surface area contributed by atoms with Gasteiger partial charge in [0.25, 0.3) is 5.91 Å². The van der Waals surface area contributed by atoms with Crippen molar-refractivity contribution in [1.82, 2.24) is 15.6 Å². The van der Waals surface area contributed by atoms with Crippen molar-refractivity contribution in [2.45, 2.75) is 79.1 Å². The lowest BCUT2D eigenvalue weighted by Crippen LogP contribution is -2.58. The third-order valence-electron chi connectivity index (χ3n) is 5.15. The first-order chi connectivity index (χ1) is 15.6. The van der Waals surface area contributed by atoms with Crippen molar-refractivity contribution in [2.24, 2.45) is 10.5 Å². The lowest BCUT2D eigenvalue weighted by atomic mass is 9.88. The summed E-state index contributed by atoms with van der Waals surface area (Å²) in [5.74, 6) is -4.12. The third kappa shape index (κ3) is 7.23. The zero-order chi connectivity index (χ0) is 25.8. The van der Waals surface area contributed by atoms with Crippen molar-refractivity contribution in [3.05, 3.63) is 35.4 Å². The van der Waals surface area contributed by atoms with Crippen molar-refractivity contribution >= 4 is 23.5 Å². The highest BCUT2D eigenvalue weighted by Crippen LogP contribution is 2.31. The second-order valence-corrected chi connectivity index (χ2v) is 10.2. The van der Waals surface area contributed by atoms with Gasteiger partial charge in [0.1, 0.15) is 17.8 Å². The number of carbonyl (C=O) groups is 3. The molecule has 34 heavy (non-hydrogen) atoms. The van der Waals surface area contributed by atoms with Gasteiger partial charge in [0.15, 0.2) is 0 Å². The molecule has 0 saturated heterocycles. The summed E-state index contributed by atoms with van der Waals surface area (Å²) in [6.45, 7) is 13.5. The molecule has 0 radical (unpaired) electrons. The minimum Gasteiger partial charge on any atom is -0.464 e. The molecule has 0 bridgehead atoms. The second kappa shape index (κ2) is 10.5. The molecular weight excluding hydrogens is 446 g/mol. The maximum atomic E-state index is 13.4. The van der Waals surface area contributed by atoms with Gasteiger partial charge in [0.05, 0.1) is 18.6 Å². The molecule has 2 N–H and O–H groups in total. The minimum atomic E-state index is -1.63. The molecule has 2 unspecified atom stereocenters. The van der Waals surface area contributed by atoms with Gasteiger partial charge in [-0.05, 0) is 45.4 Å². The van der Waals surface area contributed by atoms with E-state index >= 15 is 0 Å². The van der Waals surface area contributed by atoms with Crippen LogP contribution in [0.3, 0.4) is 0 Å². The molecule has 2 rings (SSSR count). The fourth-order valence-electron chi connectivity index (χ4n) is 3.51. The molecule has 1 heterocycles. The van der Waals surface area contributed by atoms with Crippen LogP contribution < -0.4 is 10.6 Å². The molecule has 1 aliphatic rings. The lowest BCUT2D eigenvalue weighted by molar-refractivity contribution is -0.151. The number of hydrogen-bond donors (Lipinski definition) is 2. The van der Waals surface area contributed by atoms with Crippen molar-refractivity contribution in [3.63, 3.8) is 0 Å². The molecule has 8 nitrogen and oxygen atoms in total. The Morgan fingerprint density at radius 2 is 1.71 bits per heavy atom. The summed E-state index contributed by atoms with van der Waals surface area (Å²) in [4.78, 5) is 38.1. The van der Waals surface area contributed by atoms with Crippen LogP contribution in [0.2, 0.25) is 0 Å². The Morgan fingerprint density at radius 3 is 2.21 bits per heavy atom. The summed E-state index contributed by atoms with van der Waals surface area (Å²) >= 11 is 0. The number of ether oxygens (including phenoxy) is 1. The van der Waals surface area contributed by atoms with E-state index in [1.165, 1.54) is 0 Å². The topological polar surface area (TPSA) is 100 Å². The van der Waals surface area contributed by atoms with Gasteiger partial charge in [0.2, 0.25) is 11.9 Å². The first-order valence-corrected chi connectivity index (χ1v) is 11.2. The standard InChI is InChI=1S/C24H34F2N4O4/c1-8-34-22(33)20(28-19(31)11-14-9-15(25)12-16(26)10-14)21(32)27-18-13-17(23(2,3)4)29-30(18)24(5,6)7/h9-10,12,18,20H,8,11,13H2,1-7H3,(H,27,32)(H,28,31). The van der Waals surface area contributed by atoms with Crippen LogP contribution in [0.1, 0.15) is 60.5 Å². The number of halogens is 2. The van der Waals surface area contributed by atoms with Crippen LogP contribution in [0.15, 0.2) is 23.3 Å². The smallest absolute Gasteiger partial charge is 0.338 e. The maximum absolute atomic E-state index is 13.4. The molecule has 2 atom stereocenters. The average Bonchev–Trinajstić information content (AvgIpc) is 3.10. The van der Waals surface area contributed by atoms with E-state index in [1.54, 1.807) is 11.9 Å². The van der Waals surface area contributed by atoms with E-state index in [9.17, 15) is 23.2 Å². The van der Waals surface area contributed by atoms with Crippen LogP contribution in [0.5, 0.6) is 0 Å². The van der Waals surface area contributed by atoms with E-state index in [2.05, 4.69) is 10.6 Å². The van der Waals surface area contributed by atoms with Crippen molar-refractivity contribution in [2.75, 3.05) is 6.61 Å². The molecular formula is C24H34F2N4O4. The number of rotatable bonds is 7. The molecule has 0 aromatic heterocycles. The molecule has 0 spiro atoms. The molecule has 2 amide bonds. The highest BCUT2D eigenvalue weighted by atomic mass is 19.1. The summed E-state index contributed by atoms with van der Waals surface area (Å²) in [7, 11) is 0. The average molecular weight is 481 g/mol. The second-order valence-electron chi connectivity index (χ2n) is 10.2. The number of nitrogens with one attached hydrogen (secondary N) is 2. The van der Waals surface area contributed by atoms with Crippen molar-refractivity contribution in [3.8, 4) is 0 Å². The first kappa shape index (κ1) is 27.2. The van der Waals surface area contributed by atoms with Gasteiger partial charge in [-0.1, -0.05) is 20.8 Å². The predicted octanol–water partition coefficient (Wildman–Crippen LogP) is 2.90. The molecule has 0 saturated carbocycles. The Morgan fingerprint density at radius 1 is 1.12 bits per heavy atom. The van der Waals surface area contributed by atoms with Crippen LogP contribution in [-0.4, -0.2) is 52.9 Å². The van der Waals surface area contributed by atoms with Gasteiger partial charge in [-0.2, -0.15) is 5.10 Å². The van der Waals surface area contributed by atoms with E-state index in [1.807, 2.05) is 41.5 Å². The zero-order valence-electron chi connectivity index (χ0n) is 20.8. The van der Waals surface area contributed by atoms with Gasteiger partial charge in [-0.3, -0.25) is 14.6 Å². The summed E-state index contributed by atoms with van der Waals surface area (Å²) < 4.78 is 31.9. The molecule has 0 aliphatic carbocycles. The monoisotopic (exact) mass is 480 g/mol. The quantitative estimate of drug-likeness (QED) is 0.462. The van der Waals surface area contributed by atoms with Crippen LogP contribution >= 0.6 is 0 Å². The van der Waals surface area contributed by atoms with Crippen molar-refractivity contribution in [1.29, 1.82) is 0 Å². The zero-order valence-corrected chi connectivity index (χ0v) is 20.8. The third-order valence-corrected chi connectivity index (χ3v) is 5.15. The number of nitrogens with zero attached hydrogens (tertiary/aromatic N) is 2. The van der Waals surface area contributed by atoms with Crippen LogP contribution in [-0.2, 0) is 25.5 Å². The van der Waals surface area contributed by atoms with E-state index in [0.29, 0.717) is 12.5 Å². The van der Waals surface area contributed by atoms with Crippen LogP contribution in [0.4, 0.5) is 8.78 Å². The van der Waals surface area contributed by atoms with Gasteiger partial charge in [-0.15, -0.1) is 0 Å². The van der Waals surface area contributed by atoms with Crippen molar-refractivity contribution < 1.29 is 27.9 Å². The molecule has 1 aliphatic heterocycles. The summed E-state index contributed by atoms with van der Waals surface area (Å²) in [5.41, 5.74) is 0.307. The summed E-state index contributed by atoms with van der Waals surface area (Å²) in [5, 5.41) is 11.6. The highest BCUT2D eigenvalue weighted by molar-refractivity contribution is 6.05. The summed E-state index contributed by atoms with van der Waals surface area (Å²) in [6, 6.07) is 1.07. The number of esters is 1. The Hall–Kier alpha value is -3.04. The molecule has 1 aromatic carbocycles. The fraction of sp³-hybridized carbons (Fsp3) is 0.583. The predicted molar refractivity (Wildman–Crippen MR) is 124 cm³/mol. The normalized spacial score (nSPS) is 17.1. The van der Waals surface area contributed by atoms with E-state index < -0.39 is 53.6 Å². The number of benzene rings is 1. The van der Waals surface area contributed by atoms with E-state index in [4.69, 9.17) is 9.84 Å². The largest absolute Gasteiger partial charge is 0.464 e. The molecule has 10 heteroatoms. The Bertz CT molecular complexity index is 946. The Balaban J connectivity index is 2.19. The van der Waals surface area contributed by atoms with E-state index in [0.717, 1.165) is 17.8 Å². The van der Waals surface area contributed by atoms with Gasteiger partial charge < -0.3 is 15.4 Å². The van der Waals surface area contributed by atoms with Crippen LogP contribution in [0.25, 0.3) is 0 Å². The van der Waals surface area contributed by atoms with E-state index in [-0.39, 0.29) is 17.6 Å². The highest BCUT2D eigenvalue weighted by Gasteiger charge is 2.40. The Labute approximate surface area is 199 Å². The van der Waals surface area contributed by atoms with Gasteiger partial charge in [0, 0.05) is 23.6 Å². The number of hydrazone groups is 1. The number of amides is 2. The Kier molecular flexibility index (Phi) is 8.39. The SMILES string of the molecule is CCOC(=O)C(NC(=O)Cc1cc(F)cc(F)c1)C(=O)NC1CC(C(C)(C)C)=NN1C(C)(C)C. The van der Waals surface area contributed by atoms with Gasteiger partial charge >= 0.3 is 5.97 Å². The fourth-order valence-corrected chi connectivity index (χ4v) is 3.51. The minimum absolute atomic E-state index is 0.00240. The molecule has 1 aromatic rings. The number of carbonyl (C=O) groups excluding carboxylic acids is 3. The molecule has 0 fully saturated rings. The molecule has 188 valence electrons. The summed E-state index contributed by atoms with van der Waals surface area (Å²) in [6.07, 6.45) is -0.515. The lowest BCUT2D eigenvalue weighted by Gasteiger charge is -2.36. The van der Waals surface area contributed by atoms with Gasteiger partial charge in [-0.25, -0.2) is 13.6 Å². The van der Waals surface area contributed by atoms with Crippen LogP contribution in [0, 0.1) is 17.0 Å². The number of hydrogen-bond acceptors (Lipinski definition) is 6. The first-order valence-electron chi connectivity index (χ1n) is 11.2.